The van der Waals surface area contributed by atoms with Crippen LogP contribution in [0, 0.1) is 45.8 Å². The number of ether oxygens (including phenoxy) is 3. The van der Waals surface area contributed by atoms with Crippen molar-refractivity contribution in [3.63, 3.8) is 0 Å². The van der Waals surface area contributed by atoms with Gasteiger partial charge in [0, 0.05) is 44.1 Å². The third kappa shape index (κ3) is 2.94. The molecule has 0 radical (unpaired) electrons. The van der Waals surface area contributed by atoms with Crippen LogP contribution >= 0.6 is 0 Å². The Labute approximate surface area is 185 Å². The normalized spacial score (nSPS) is 33.2. The number of nitriles is 2. The Hall–Kier alpha value is -3.23. The first-order chi connectivity index (χ1) is 15.3. The van der Waals surface area contributed by atoms with Crippen molar-refractivity contribution in [3.05, 3.63) is 33.9 Å². The van der Waals surface area contributed by atoms with Crippen LogP contribution in [0.15, 0.2) is 33.9 Å². The van der Waals surface area contributed by atoms with Gasteiger partial charge >= 0.3 is 11.9 Å². The molecule has 2 fully saturated rings. The van der Waals surface area contributed by atoms with Gasteiger partial charge in [-0.25, -0.2) is 0 Å². The summed E-state index contributed by atoms with van der Waals surface area (Å²) in [5, 5.41) is 20.5. The second-order valence-corrected chi connectivity index (χ2v) is 9.16. The van der Waals surface area contributed by atoms with E-state index in [4.69, 9.17) is 14.2 Å². The van der Waals surface area contributed by atoms with E-state index in [0.29, 0.717) is 16.7 Å². The SMILES string of the molecule is CC(=O)OCC1=C2CC(C#N)(C#N)C3=C[C@@H]4CC(C5OC54)[C@@H]3C(COC(C)=O)=C2CC1=O. The van der Waals surface area contributed by atoms with Gasteiger partial charge in [-0.05, 0) is 34.6 Å². The zero-order valence-electron chi connectivity index (χ0n) is 17.8. The lowest BCUT2D eigenvalue weighted by atomic mass is 9.65. The predicted molar refractivity (Wildman–Crippen MR) is 107 cm³/mol. The number of ketones is 1. The van der Waals surface area contributed by atoms with E-state index in [2.05, 4.69) is 12.1 Å². The lowest BCUT2D eigenvalue weighted by Crippen LogP contribution is -2.34. The molecule has 1 heterocycles. The van der Waals surface area contributed by atoms with Gasteiger partial charge in [-0.1, -0.05) is 6.08 Å². The number of carbonyl (C=O) groups excluding carboxylic acids is 3. The lowest BCUT2D eigenvalue weighted by molar-refractivity contribution is -0.141. The van der Waals surface area contributed by atoms with Gasteiger partial charge in [-0.15, -0.1) is 0 Å². The summed E-state index contributed by atoms with van der Waals surface area (Å²) < 4.78 is 16.4. The quantitative estimate of drug-likeness (QED) is 0.373. The van der Waals surface area contributed by atoms with E-state index in [0.717, 1.165) is 17.6 Å². The molecule has 0 aromatic rings. The van der Waals surface area contributed by atoms with Crippen LogP contribution in [0.5, 0.6) is 0 Å². The molecule has 3 unspecified atom stereocenters. The third-order valence-corrected chi connectivity index (χ3v) is 7.44. The van der Waals surface area contributed by atoms with Crippen LogP contribution in [-0.4, -0.2) is 43.1 Å². The molecule has 5 aliphatic rings. The highest BCUT2D eigenvalue weighted by Crippen LogP contribution is 2.62. The van der Waals surface area contributed by atoms with Gasteiger partial charge in [0.05, 0.1) is 24.3 Å². The number of hydrogen-bond donors (Lipinski definition) is 0. The van der Waals surface area contributed by atoms with Crippen LogP contribution in [0.3, 0.4) is 0 Å². The van der Waals surface area contributed by atoms with Gasteiger partial charge < -0.3 is 14.2 Å². The Kier molecular flexibility index (Phi) is 4.61. The van der Waals surface area contributed by atoms with Crippen LogP contribution < -0.4 is 0 Å². The minimum Gasteiger partial charge on any atom is -0.461 e. The van der Waals surface area contributed by atoms with Crippen LogP contribution in [0.1, 0.15) is 33.1 Å². The first kappa shape index (κ1) is 20.7. The highest BCUT2D eigenvalue weighted by atomic mass is 16.6. The number of nitrogens with zero attached hydrogens (tertiary/aromatic N) is 2. The molecular formula is C24H22N2O6. The molecule has 2 bridgehead atoms. The van der Waals surface area contributed by atoms with Crippen molar-refractivity contribution in [2.24, 2.45) is 23.2 Å². The summed E-state index contributed by atoms with van der Waals surface area (Å²) in [6, 6.07) is 4.49. The smallest absolute Gasteiger partial charge is 0.302 e. The molecule has 4 aliphatic carbocycles. The molecule has 0 aromatic heterocycles. The van der Waals surface area contributed by atoms with E-state index in [1.54, 1.807) is 0 Å². The van der Waals surface area contributed by atoms with Gasteiger partial charge in [-0.3, -0.25) is 14.4 Å². The molecule has 5 rings (SSSR count). The van der Waals surface area contributed by atoms with E-state index in [9.17, 15) is 24.9 Å². The van der Waals surface area contributed by atoms with Crippen molar-refractivity contribution in [1.29, 1.82) is 10.5 Å². The van der Waals surface area contributed by atoms with E-state index in [-0.39, 0.29) is 61.8 Å². The Morgan fingerprint density at radius 3 is 2.47 bits per heavy atom. The number of Topliss-reactive ketones (excluding diaryl/α,β-unsaturated/α-hetero) is 1. The van der Waals surface area contributed by atoms with Crippen LogP contribution in [-0.2, 0) is 28.6 Å². The summed E-state index contributed by atoms with van der Waals surface area (Å²) >= 11 is 0. The minimum absolute atomic E-state index is 0.0181. The van der Waals surface area contributed by atoms with Gasteiger partial charge in [0.25, 0.3) is 0 Å². The van der Waals surface area contributed by atoms with Gasteiger partial charge in [0.1, 0.15) is 13.2 Å². The van der Waals surface area contributed by atoms with Crippen LogP contribution in [0.25, 0.3) is 0 Å². The summed E-state index contributed by atoms with van der Waals surface area (Å²) in [5.74, 6) is -1.25. The van der Waals surface area contributed by atoms with E-state index < -0.39 is 17.4 Å². The fourth-order valence-electron chi connectivity index (χ4n) is 6.05. The number of allylic oxidation sites excluding steroid dienone is 3. The second-order valence-electron chi connectivity index (χ2n) is 9.16. The first-order valence-corrected chi connectivity index (χ1v) is 10.7. The summed E-state index contributed by atoms with van der Waals surface area (Å²) in [4.78, 5) is 36.0. The number of fused-ring (bicyclic) bond motifs is 8. The highest BCUT2D eigenvalue weighted by molar-refractivity contribution is 6.03. The Morgan fingerprint density at radius 1 is 1.12 bits per heavy atom. The maximum Gasteiger partial charge on any atom is 0.302 e. The van der Waals surface area contributed by atoms with Crippen molar-refractivity contribution < 1.29 is 28.6 Å². The fourth-order valence-corrected chi connectivity index (χ4v) is 6.05. The molecule has 164 valence electrons. The molecule has 1 saturated carbocycles. The molecule has 5 atom stereocenters. The zero-order valence-corrected chi connectivity index (χ0v) is 17.8. The summed E-state index contributed by atoms with van der Waals surface area (Å²) in [6.45, 7) is 2.36. The molecule has 0 amide bonds. The molecule has 0 aromatic carbocycles. The van der Waals surface area contributed by atoms with Crippen molar-refractivity contribution in [3.8, 4) is 12.1 Å². The average molecular weight is 434 g/mol. The van der Waals surface area contributed by atoms with E-state index in [1.807, 2.05) is 6.08 Å². The topological polar surface area (TPSA) is 130 Å². The molecule has 1 saturated heterocycles. The van der Waals surface area contributed by atoms with Gasteiger partial charge in [-0.2, -0.15) is 10.5 Å². The molecule has 1 aliphatic heterocycles. The van der Waals surface area contributed by atoms with Crippen molar-refractivity contribution in [1.82, 2.24) is 0 Å². The van der Waals surface area contributed by atoms with Crippen molar-refractivity contribution in [2.75, 3.05) is 13.2 Å². The largest absolute Gasteiger partial charge is 0.461 e. The number of rotatable bonds is 4. The molecule has 0 N–H and O–H groups in total. The molecule has 32 heavy (non-hydrogen) atoms. The standard InChI is InChI=1S/C24H22N2O6/c1-11(27)30-7-17-16-6-24(9-25,10-26)19-4-13-3-15(23-22(13)32-23)21(19)18(8-31-12(2)28)14(16)5-20(17)29/h4,13,15,21-23H,3,5-8H2,1-2H3/t13-,15?,21+,22?,23?/m0/s1. The molecule has 8 heteroatoms. The first-order valence-electron chi connectivity index (χ1n) is 10.7. The summed E-state index contributed by atoms with van der Waals surface area (Å²) in [5.41, 5.74) is 1.64. The van der Waals surface area contributed by atoms with Crippen molar-refractivity contribution in [2.45, 2.75) is 45.3 Å². The fraction of sp³-hybridized carbons (Fsp3) is 0.542. The van der Waals surface area contributed by atoms with Gasteiger partial charge in [0.15, 0.2) is 11.2 Å². The van der Waals surface area contributed by atoms with Crippen molar-refractivity contribution >= 4 is 17.7 Å². The number of hydrogen-bond acceptors (Lipinski definition) is 8. The summed E-state index contributed by atoms with van der Waals surface area (Å²) in [7, 11) is 0. The minimum atomic E-state index is -1.46. The maximum atomic E-state index is 12.9. The highest BCUT2D eigenvalue weighted by Gasteiger charge is 2.64. The number of epoxide rings is 1. The number of esters is 2. The molecule has 0 spiro atoms. The number of carbonyl (C=O) groups is 3. The average Bonchev–Trinajstić information content (AvgIpc) is 3.44. The van der Waals surface area contributed by atoms with Gasteiger partial charge in [0.2, 0.25) is 0 Å². The Bertz CT molecular complexity index is 1120. The van der Waals surface area contributed by atoms with E-state index >= 15 is 0 Å². The predicted octanol–water partition coefficient (Wildman–Crippen LogP) is 2.08. The lowest BCUT2D eigenvalue weighted by Gasteiger charge is -2.37. The van der Waals surface area contributed by atoms with Crippen LogP contribution in [0.2, 0.25) is 0 Å². The maximum absolute atomic E-state index is 12.9. The zero-order chi connectivity index (χ0) is 22.8. The van der Waals surface area contributed by atoms with Crippen LogP contribution in [0.4, 0.5) is 0 Å². The second kappa shape index (κ2) is 7.15. The molecule has 8 nitrogen and oxygen atoms in total. The summed E-state index contributed by atoms with van der Waals surface area (Å²) in [6.07, 6.45) is 3.16. The third-order valence-electron chi connectivity index (χ3n) is 7.44. The Balaban J connectivity index is 1.71. The monoisotopic (exact) mass is 434 g/mol. The molecular weight excluding hydrogens is 412 g/mol. The van der Waals surface area contributed by atoms with E-state index in [1.165, 1.54) is 13.8 Å². The Morgan fingerprint density at radius 2 is 1.81 bits per heavy atom.